The van der Waals surface area contributed by atoms with Crippen molar-refractivity contribution in [2.24, 2.45) is 11.3 Å². The molecule has 1 saturated heterocycles. The molecule has 3 aromatic heterocycles. The molecule has 0 radical (unpaired) electrons. The lowest BCUT2D eigenvalue weighted by Gasteiger charge is -2.36. The van der Waals surface area contributed by atoms with Crippen molar-refractivity contribution in [3.8, 4) is 22.9 Å². The Morgan fingerprint density at radius 1 is 1.17 bits per heavy atom. The lowest BCUT2D eigenvalue weighted by Crippen LogP contribution is -2.50. The first-order chi connectivity index (χ1) is 19.4. The van der Waals surface area contributed by atoms with Gasteiger partial charge in [-0.25, -0.2) is 14.3 Å². The Morgan fingerprint density at radius 3 is 2.49 bits per heavy atom. The van der Waals surface area contributed by atoms with Crippen LogP contribution >= 0.6 is 0 Å². The number of rotatable bonds is 5. The molecule has 5 rings (SSSR count). The highest BCUT2D eigenvalue weighted by molar-refractivity contribution is 5.85. The van der Waals surface area contributed by atoms with Gasteiger partial charge in [0.15, 0.2) is 0 Å². The number of pyridine rings is 2. The fourth-order valence-electron chi connectivity index (χ4n) is 5.54. The first-order valence-corrected chi connectivity index (χ1v) is 14.0. The summed E-state index contributed by atoms with van der Waals surface area (Å²) >= 11 is 0. The van der Waals surface area contributed by atoms with Gasteiger partial charge in [-0.2, -0.15) is 10.4 Å². The van der Waals surface area contributed by atoms with Gasteiger partial charge in [0.1, 0.15) is 23.2 Å². The second-order valence-corrected chi connectivity index (χ2v) is 12.5. The number of aliphatic hydroxyl groups is 2. The number of carbonyl (C=O) groups is 1. The average Bonchev–Trinajstić information content (AvgIpc) is 3.44. The average molecular weight is 563 g/mol. The number of hydrogen-bond acceptors (Lipinski definition) is 9. The highest BCUT2D eigenvalue weighted by Crippen LogP contribution is 2.42. The summed E-state index contributed by atoms with van der Waals surface area (Å²) in [7, 11) is 0. The van der Waals surface area contributed by atoms with Gasteiger partial charge in [0.2, 0.25) is 0 Å². The van der Waals surface area contributed by atoms with Crippen molar-refractivity contribution in [1.82, 2.24) is 19.5 Å². The van der Waals surface area contributed by atoms with Crippen molar-refractivity contribution < 1.29 is 24.5 Å². The first kappa shape index (κ1) is 28.6. The Labute approximate surface area is 239 Å². The Hall–Kier alpha value is -3.88. The molecule has 1 aliphatic heterocycles. The van der Waals surface area contributed by atoms with Gasteiger partial charge in [-0.15, -0.1) is 0 Å². The summed E-state index contributed by atoms with van der Waals surface area (Å²) in [5, 5.41) is 35.1. The number of piperazine rings is 1. The van der Waals surface area contributed by atoms with E-state index in [4.69, 9.17) is 14.5 Å². The molecular weight excluding hydrogens is 524 g/mol. The number of fused-ring (bicyclic) bond motifs is 1. The molecule has 0 spiro atoms. The highest BCUT2D eigenvalue weighted by atomic mass is 16.6. The minimum absolute atomic E-state index is 0.205. The number of nitriles is 1. The van der Waals surface area contributed by atoms with Crippen molar-refractivity contribution in [1.29, 1.82) is 5.26 Å². The van der Waals surface area contributed by atoms with Crippen LogP contribution in [0, 0.1) is 22.7 Å². The van der Waals surface area contributed by atoms with Gasteiger partial charge in [0, 0.05) is 54.8 Å². The quantitative estimate of drug-likeness (QED) is 0.479. The molecule has 41 heavy (non-hydrogen) atoms. The van der Waals surface area contributed by atoms with Crippen molar-refractivity contribution in [3.63, 3.8) is 0 Å². The van der Waals surface area contributed by atoms with E-state index in [9.17, 15) is 20.3 Å². The molecule has 4 heterocycles. The topological polar surface area (TPSA) is 136 Å². The summed E-state index contributed by atoms with van der Waals surface area (Å²) < 4.78 is 13.2. The van der Waals surface area contributed by atoms with Gasteiger partial charge >= 0.3 is 6.09 Å². The van der Waals surface area contributed by atoms with Gasteiger partial charge in [0.05, 0.1) is 42.3 Å². The Kier molecular flexibility index (Phi) is 7.57. The van der Waals surface area contributed by atoms with Crippen LogP contribution in [-0.4, -0.2) is 86.4 Å². The molecule has 3 atom stereocenters. The van der Waals surface area contributed by atoms with Crippen LogP contribution in [0.4, 0.5) is 10.6 Å². The third kappa shape index (κ3) is 5.80. The van der Waals surface area contributed by atoms with E-state index < -0.39 is 23.2 Å². The van der Waals surface area contributed by atoms with Gasteiger partial charge in [-0.1, -0.05) is 13.8 Å². The number of aromatic nitrogens is 3. The number of carbonyl (C=O) groups excluding carboxylic acids is 1. The van der Waals surface area contributed by atoms with Crippen molar-refractivity contribution in [2.75, 3.05) is 37.7 Å². The smallest absolute Gasteiger partial charge is 0.410 e. The minimum Gasteiger partial charge on any atom is -0.492 e. The van der Waals surface area contributed by atoms with Gasteiger partial charge < -0.3 is 29.5 Å². The molecule has 1 amide bonds. The predicted octanol–water partition coefficient (Wildman–Crippen LogP) is 3.47. The van der Waals surface area contributed by atoms with E-state index in [1.165, 1.54) is 6.20 Å². The third-order valence-electron chi connectivity index (χ3n) is 8.08. The molecule has 1 saturated carbocycles. The number of anilines is 1. The summed E-state index contributed by atoms with van der Waals surface area (Å²) in [6.07, 6.45) is 3.88. The lowest BCUT2D eigenvalue weighted by atomic mass is 9.86. The molecule has 11 nitrogen and oxygen atoms in total. The van der Waals surface area contributed by atoms with E-state index in [0.717, 1.165) is 16.9 Å². The summed E-state index contributed by atoms with van der Waals surface area (Å²) in [5.41, 5.74) is 1.51. The van der Waals surface area contributed by atoms with Crippen LogP contribution in [0.25, 0.3) is 16.6 Å². The second-order valence-electron chi connectivity index (χ2n) is 12.5. The van der Waals surface area contributed by atoms with Gasteiger partial charge in [-0.3, -0.25) is 0 Å². The van der Waals surface area contributed by atoms with Crippen molar-refractivity contribution in [2.45, 2.75) is 58.8 Å². The number of ether oxygens (including phenoxy) is 2. The van der Waals surface area contributed by atoms with E-state index >= 15 is 0 Å². The maximum Gasteiger partial charge on any atom is 0.410 e. The fourth-order valence-corrected chi connectivity index (χ4v) is 5.54. The molecule has 11 heteroatoms. The molecule has 218 valence electrons. The van der Waals surface area contributed by atoms with Crippen LogP contribution in [0.3, 0.4) is 0 Å². The maximum absolute atomic E-state index is 12.4. The van der Waals surface area contributed by atoms with Crippen LogP contribution in [0.1, 0.15) is 46.6 Å². The lowest BCUT2D eigenvalue weighted by molar-refractivity contribution is -0.0117. The third-order valence-corrected chi connectivity index (χ3v) is 8.08. The number of nitrogens with zero attached hydrogens (tertiary/aromatic N) is 6. The molecule has 1 aliphatic carbocycles. The Morgan fingerprint density at radius 2 is 1.90 bits per heavy atom. The second kappa shape index (κ2) is 10.8. The summed E-state index contributed by atoms with van der Waals surface area (Å²) in [4.78, 5) is 21.0. The minimum atomic E-state index is -0.682. The predicted molar refractivity (Wildman–Crippen MR) is 153 cm³/mol. The Balaban J connectivity index is 1.33. The molecular formula is C30H38N6O5. The van der Waals surface area contributed by atoms with E-state index in [1.807, 2.05) is 52.8 Å². The zero-order valence-corrected chi connectivity index (χ0v) is 24.2. The zero-order valence-electron chi connectivity index (χ0n) is 24.2. The number of aliphatic hydroxyl groups excluding tert-OH is 2. The van der Waals surface area contributed by atoms with Gasteiger partial charge in [-0.05, 0) is 45.4 Å². The Bertz CT molecular complexity index is 1450. The number of amides is 1. The molecule has 3 aromatic rings. The van der Waals surface area contributed by atoms with Crippen molar-refractivity contribution >= 4 is 17.4 Å². The molecule has 0 aromatic carbocycles. The van der Waals surface area contributed by atoms with Crippen LogP contribution in [-0.2, 0) is 4.74 Å². The largest absolute Gasteiger partial charge is 0.492 e. The molecule has 0 bridgehead atoms. The monoisotopic (exact) mass is 562 g/mol. The van der Waals surface area contributed by atoms with E-state index in [0.29, 0.717) is 49.4 Å². The summed E-state index contributed by atoms with van der Waals surface area (Å²) in [5.74, 6) is 1.13. The molecule has 2 fully saturated rings. The highest BCUT2D eigenvalue weighted by Gasteiger charge is 2.48. The molecule has 2 aliphatic rings. The summed E-state index contributed by atoms with van der Waals surface area (Å²) in [6, 6.07) is 7.96. The van der Waals surface area contributed by atoms with Crippen LogP contribution < -0.4 is 9.64 Å². The molecule has 2 N–H and O–H groups in total. The normalized spacial score (nSPS) is 22.5. The SMILES string of the molecule is CC(C)(C)OC(=O)N1CCN(c2ccc(-c3cc(OC[C@H]4C[C@@H](O)C(C)(C)[C@@H]4O)cn4ncc(C#N)c34)cn2)CC1. The van der Waals surface area contributed by atoms with Crippen LogP contribution in [0.2, 0.25) is 0 Å². The fraction of sp³-hybridized carbons (Fsp3) is 0.533. The first-order valence-electron chi connectivity index (χ1n) is 14.0. The van der Waals surface area contributed by atoms with E-state index in [2.05, 4.69) is 16.1 Å². The zero-order chi connectivity index (χ0) is 29.5. The molecule has 0 unspecified atom stereocenters. The maximum atomic E-state index is 12.4. The summed E-state index contributed by atoms with van der Waals surface area (Å²) in [6.45, 7) is 11.9. The van der Waals surface area contributed by atoms with Crippen molar-refractivity contribution in [3.05, 3.63) is 42.4 Å². The van der Waals surface area contributed by atoms with Crippen LogP contribution in [0.15, 0.2) is 36.8 Å². The van der Waals surface area contributed by atoms with Gasteiger partial charge in [0.25, 0.3) is 0 Å². The standard InChI is InChI=1S/C30H38N6O5/c1-29(2,3)41-28(39)35-10-8-34(9-11-35)25-7-6-19(15-32-25)23-13-22(17-36-26(23)21(14-31)16-33-36)40-18-20-12-24(37)30(4,5)27(20)38/h6-7,13,15-17,20,24,27,37-38H,8-12,18H2,1-5H3/t20-,24-,27-/m1/s1. The van der Waals surface area contributed by atoms with E-state index in [1.54, 1.807) is 21.8 Å². The number of hydrogen-bond donors (Lipinski definition) is 2. The van der Waals surface area contributed by atoms with Crippen LogP contribution in [0.5, 0.6) is 5.75 Å². The van der Waals surface area contributed by atoms with E-state index in [-0.39, 0.29) is 18.6 Å².